The SMILES string of the molecule is Cc1cc(C)c(NS(=O)(=O)c2cnc(Cl)c(Cl)c2)c(C)c1. The minimum atomic E-state index is -3.77. The van der Waals surface area contributed by atoms with Crippen LogP contribution in [0, 0.1) is 20.8 Å². The summed E-state index contributed by atoms with van der Waals surface area (Å²) < 4.78 is 27.4. The third kappa shape index (κ3) is 3.48. The maximum atomic E-state index is 12.4. The molecule has 21 heavy (non-hydrogen) atoms. The van der Waals surface area contributed by atoms with Gasteiger partial charge in [0.05, 0.1) is 10.7 Å². The number of rotatable bonds is 3. The first-order chi connectivity index (χ1) is 9.70. The fourth-order valence-electron chi connectivity index (χ4n) is 2.08. The number of halogens is 2. The van der Waals surface area contributed by atoms with Crippen LogP contribution in [0.3, 0.4) is 0 Å². The van der Waals surface area contributed by atoms with Crippen LogP contribution in [0.5, 0.6) is 0 Å². The van der Waals surface area contributed by atoms with Gasteiger partial charge in [0.15, 0.2) is 0 Å². The molecule has 0 radical (unpaired) electrons. The molecule has 112 valence electrons. The highest BCUT2D eigenvalue weighted by Crippen LogP contribution is 2.27. The van der Waals surface area contributed by atoms with Crippen molar-refractivity contribution in [3.05, 3.63) is 51.3 Å². The van der Waals surface area contributed by atoms with Gasteiger partial charge >= 0.3 is 0 Å². The second kappa shape index (κ2) is 5.83. The zero-order valence-corrected chi connectivity index (χ0v) is 14.1. The normalized spacial score (nSPS) is 11.5. The number of aromatic nitrogens is 1. The van der Waals surface area contributed by atoms with Gasteiger partial charge in [0.2, 0.25) is 0 Å². The quantitative estimate of drug-likeness (QED) is 0.852. The van der Waals surface area contributed by atoms with Gasteiger partial charge in [0, 0.05) is 6.20 Å². The molecule has 1 aromatic heterocycles. The van der Waals surface area contributed by atoms with Crippen molar-refractivity contribution in [3.8, 4) is 0 Å². The molecule has 2 aromatic rings. The van der Waals surface area contributed by atoms with Gasteiger partial charge in [0.25, 0.3) is 10.0 Å². The summed E-state index contributed by atoms with van der Waals surface area (Å²) in [6.07, 6.45) is 1.18. The molecule has 0 saturated carbocycles. The zero-order valence-electron chi connectivity index (χ0n) is 11.7. The first-order valence-electron chi connectivity index (χ1n) is 6.12. The molecule has 0 amide bonds. The van der Waals surface area contributed by atoms with Crippen molar-refractivity contribution < 1.29 is 8.42 Å². The van der Waals surface area contributed by atoms with E-state index in [1.54, 1.807) is 0 Å². The van der Waals surface area contributed by atoms with Crippen LogP contribution in [0.1, 0.15) is 16.7 Å². The number of benzene rings is 1. The van der Waals surface area contributed by atoms with E-state index in [2.05, 4.69) is 9.71 Å². The molecule has 1 aromatic carbocycles. The van der Waals surface area contributed by atoms with E-state index in [0.29, 0.717) is 5.69 Å². The van der Waals surface area contributed by atoms with E-state index in [1.807, 2.05) is 32.9 Å². The van der Waals surface area contributed by atoms with E-state index in [0.717, 1.165) is 16.7 Å². The van der Waals surface area contributed by atoms with Crippen LogP contribution in [0.2, 0.25) is 10.2 Å². The lowest BCUT2D eigenvalue weighted by Gasteiger charge is -2.14. The second-order valence-corrected chi connectivity index (χ2v) is 7.27. The highest BCUT2D eigenvalue weighted by molar-refractivity contribution is 7.92. The van der Waals surface area contributed by atoms with Crippen LogP contribution >= 0.6 is 23.2 Å². The van der Waals surface area contributed by atoms with Crippen molar-refractivity contribution in [2.45, 2.75) is 25.7 Å². The fraction of sp³-hybridized carbons (Fsp3) is 0.214. The lowest BCUT2D eigenvalue weighted by Crippen LogP contribution is -2.15. The van der Waals surface area contributed by atoms with Crippen molar-refractivity contribution in [1.29, 1.82) is 0 Å². The lowest BCUT2D eigenvalue weighted by molar-refractivity contribution is 0.600. The van der Waals surface area contributed by atoms with E-state index >= 15 is 0 Å². The van der Waals surface area contributed by atoms with E-state index in [-0.39, 0.29) is 15.1 Å². The summed E-state index contributed by atoms with van der Waals surface area (Å²) in [5.41, 5.74) is 3.34. The van der Waals surface area contributed by atoms with E-state index in [9.17, 15) is 8.42 Å². The monoisotopic (exact) mass is 344 g/mol. The Bertz CT molecular complexity index is 782. The topological polar surface area (TPSA) is 59.1 Å². The number of hydrogen-bond donors (Lipinski definition) is 1. The van der Waals surface area contributed by atoms with Crippen LogP contribution in [-0.4, -0.2) is 13.4 Å². The van der Waals surface area contributed by atoms with Gasteiger partial charge < -0.3 is 0 Å². The first kappa shape index (κ1) is 16.1. The fourth-order valence-corrected chi connectivity index (χ4v) is 3.59. The Morgan fingerprint density at radius 2 is 1.62 bits per heavy atom. The first-order valence-corrected chi connectivity index (χ1v) is 8.36. The summed E-state index contributed by atoms with van der Waals surface area (Å²) in [4.78, 5) is 3.73. The molecule has 0 fully saturated rings. The molecule has 1 heterocycles. The predicted molar refractivity (Wildman–Crippen MR) is 85.7 cm³/mol. The van der Waals surface area contributed by atoms with Crippen LogP contribution in [0.15, 0.2) is 29.3 Å². The molecule has 0 aliphatic carbocycles. The smallest absolute Gasteiger partial charge is 0.263 e. The lowest BCUT2D eigenvalue weighted by atomic mass is 10.1. The number of nitrogens with zero attached hydrogens (tertiary/aromatic N) is 1. The molecule has 0 aliphatic rings. The summed E-state index contributed by atoms with van der Waals surface area (Å²) in [6.45, 7) is 5.66. The number of anilines is 1. The Kier molecular flexibility index (Phi) is 4.46. The summed E-state index contributed by atoms with van der Waals surface area (Å²) >= 11 is 11.5. The van der Waals surface area contributed by atoms with E-state index in [1.165, 1.54) is 12.3 Å². The van der Waals surface area contributed by atoms with Gasteiger partial charge in [-0.15, -0.1) is 0 Å². The molecular weight excluding hydrogens is 331 g/mol. The Hall–Kier alpha value is -1.30. The Labute approximate surface area is 134 Å². The predicted octanol–water partition coefficient (Wildman–Crippen LogP) is 4.11. The Morgan fingerprint density at radius 1 is 1.05 bits per heavy atom. The minimum Gasteiger partial charge on any atom is -0.279 e. The number of sulfonamides is 1. The van der Waals surface area contributed by atoms with Gasteiger partial charge in [-0.3, -0.25) is 4.72 Å². The van der Waals surface area contributed by atoms with Gasteiger partial charge in [0.1, 0.15) is 10.0 Å². The molecule has 0 saturated heterocycles. The summed E-state index contributed by atoms with van der Waals surface area (Å²) in [6, 6.07) is 5.11. The molecule has 0 bridgehead atoms. The van der Waals surface area contributed by atoms with Gasteiger partial charge in [-0.25, -0.2) is 13.4 Å². The minimum absolute atomic E-state index is 0.0312. The average molecular weight is 345 g/mol. The van der Waals surface area contributed by atoms with E-state index in [4.69, 9.17) is 23.2 Å². The third-order valence-corrected chi connectivity index (χ3v) is 5.00. The molecule has 1 N–H and O–H groups in total. The Balaban J connectivity index is 2.44. The molecule has 4 nitrogen and oxygen atoms in total. The average Bonchev–Trinajstić information content (AvgIpc) is 2.37. The second-order valence-electron chi connectivity index (χ2n) is 4.82. The largest absolute Gasteiger partial charge is 0.279 e. The number of hydrogen-bond acceptors (Lipinski definition) is 3. The highest BCUT2D eigenvalue weighted by Gasteiger charge is 2.18. The summed E-state index contributed by atoms with van der Waals surface area (Å²) in [5.74, 6) is 0. The number of nitrogens with one attached hydrogen (secondary N) is 1. The third-order valence-electron chi connectivity index (χ3n) is 2.99. The van der Waals surface area contributed by atoms with Crippen molar-refractivity contribution in [3.63, 3.8) is 0 Å². The van der Waals surface area contributed by atoms with Crippen LogP contribution in [0.25, 0.3) is 0 Å². The highest BCUT2D eigenvalue weighted by atomic mass is 35.5. The van der Waals surface area contributed by atoms with Crippen molar-refractivity contribution >= 4 is 38.9 Å². The molecule has 7 heteroatoms. The summed E-state index contributed by atoms with van der Waals surface area (Å²) in [5, 5.41) is 0.162. The zero-order chi connectivity index (χ0) is 15.8. The molecule has 0 atom stereocenters. The molecule has 0 spiro atoms. The number of pyridine rings is 1. The Morgan fingerprint density at radius 3 is 2.14 bits per heavy atom. The maximum Gasteiger partial charge on any atom is 0.263 e. The van der Waals surface area contributed by atoms with Crippen LogP contribution < -0.4 is 4.72 Å². The van der Waals surface area contributed by atoms with Gasteiger partial charge in [-0.05, 0) is 38.0 Å². The van der Waals surface area contributed by atoms with Gasteiger partial charge in [-0.2, -0.15) is 0 Å². The maximum absolute atomic E-state index is 12.4. The van der Waals surface area contributed by atoms with Gasteiger partial charge in [-0.1, -0.05) is 40.9 Å². The number of aryl methyl sites for hydroxylation is 3. The van der Waals surface area contributed by atoms with Crippen molar-refractivity contribution in [2.75, 3.05) is 4.72 Å². The molecule has 0 unspecified atom stereocenters. The van der Waals surface area contributed by atoms with Crippen LogP contribution in [-0.2, 0) is 10.0 Å². The molecular formula is C14H14Cl2N2O2S. The molecule has 2 rings (SSSR count). The van der Waals surface area contributed by atoms with E-state index < -0.39 is 10.0 Å². The molecule has 0 aliphatic heterocycles. The van der Waals surface area contributed by atoms with Crippen molar-refractivity contribution in [1.82, 2.24) is 4.98 Å². The van der Waals surface area contributed by atoms with Crippen molar-refractivity contribution in [2.24, 2.45) is 0 Å². The van der Waals surface area contributed by atoms with Crippen LogP contribution in [0.4, 0.5) is 5.69 Å². The standard InChI is InChI=1S/C14H14Cl2N2O2S/c1-8-4-9(2)13(10(3)5-8)18-21(19,20)11-6-12(15)14(16)17-7-11/h4-7,18H,1-3H3. The summed E-state index contributed by atoms with van der Waals surface area (Å²) in [7, 11) is -3.77.